The van der Waals surface area contributed by atoms with Crippen LogP contribution >= 0.6 is 0 Å². The van der Waals surface area contributed by atoms with Gasteiger partial charge in [-0.05, 0) is 50.4 Å². The summed E-state index contributed by atoms with van der Waals surface area (Å²) in [5.41, 5.74) is 2.71. The van der Waals surface area contributed by atoms with Crippen molar-refractivity contribution in [2.75, 3.05) is 19.6 Å². The number of aromatic nitrogens is 2. The van der Waals surface area contributed by atoms with E-state index < -0.39 is 0 Å². The van der Waals surface area contributed by atoms with Crippen LogP contribution < -0.4 is 5.32 Å². The molecule has 1 N–H and O–H groups in total. The lowest BCUT2D eigenvalue weighted by atomic mass is 9.84. The topological polar surface area (TPSA) is 49.6 Å². The monoisotopic (exact) mass is 298 g/mol. The maximum atomic E-state index is 12.7. The Hall–Kier alpha value is -1.88. The fourth-order valence-electron chi connectivity index (χ4n) is 3.89. The number of hydrogen-bond donors (Lipinski definition) is 1. The Balaban J connectivity index is 1.58. The van der Waals surface area contributed by atoms with Crippen molar-refractivity contribution in [3.63, 3.8) is 0 Å². The molecule has 2 bridgehead atoms. The summed E-state index contributed by atoms with van der Waals surface area (Å²) < 4.78 is 1.88. The van der Waals surface area contributed by atoms with Gasteiger partial charge in [-0.2, -0.15) is 5.10 Å². The van der Waals surface area contributed by atoms with Gasteiger partial charge < -0.3 is 10.2 Å². The van der Waals surface area contributed by atoms with Crippen LogP contribution in [-0.2, 0) is 6.42 Å². The van der Waals surface area contributed by atoms with Crippen LogP contribution in [-0.4, -0.2) is 46.1 Å². The Kier molecular flexibility index (Phi) is 3.37. The molecule has 0 radical (unpaired) electrons. The Morgan fingerprint density at radius 3 is 2.86 bits per heavy atom. The van der Waals surface area contributed by atoms with E-state index in [1.807, 2.05) is 16.6 Å². The maximum Gasteiger partial charge on any atom is 0.255 e. The third-order valence-corrected chi connectivity index (χ3v) is 5.20. The second-order valence-electron chi connectivity index (χ2n) is 6.44. The molecule has 5 heteroatoms. The van der Waals surface area contributed by atoms with Crippen LogP contribution in [0, 0.1) is 5.92 Å². The molecule has 5 heterocycles. The fraction of sp³-hybridized carbons (Fsp3) is 0.529. The first-order valence-corrected chi connectivity index (χ1v) is 8.25. The molecule has 1 atom stereocenters. The molecular formula is C17H22N4O. The minimum absolute atomic E-state index is 0.0157. The first kappa shape index (κ1) is 13.8. The summed E-state index contributed by atoms with van der Waals surface area (Å²) in [5, 5.41) is 7.65. The minimum atomic E-state index is 0.0157. The van der Waals surface area contributed by atoms with Gasteiger partial charge in [-0.15, -0.1) is 0 Å². The number of piperidine rings is 3. The zero-order chi connectivity index (χ0) is 15.1. The van der Waals surface area contributed by atoms with Gasteiger partial charge >= 0.3 is 0 Å². The largest absolute Gasteiger partial charge is 0.348 e. The highest BCUT2D eigenvalue weighted by Crippen LogP contribution is 2.27. The van der Waals surface area contributed by atoms with Crippen LogP contribution in [0.4, 0.5) is 0 Å². The van der Waals surface area contributed by atoms with E-state index in [0.717, 1.165) is 24.2 Å². The molecule has 5 rings (SSSR count). The van der Waals surface area contributed by atoms with E-state index in [2.05, 4.69) is 28.3 Å². The van der Waals surface area contributed by atoms with Crippen LogP contribution in [0.15, 0.2) is 24.4 Å². The quantitative estimate of drug-likeness (QED) is 0.938. The molecule has 0 aliphatic carbocycles. The molecular weight excluding hydrogens is 276 g/mol. The number of fused-ring (bicyclic) bond motifs is 4. The van der Waals surface area contributed by atoms with E-state index in [4.69, 9.17) is 0 Å². The molecule has 3 fully saturated rings. The van der Waals surface area contributed by atoms with Crippen molar-refractivity contribution < 1.29 is 4.79 Å². The van der Waals surface area contributed by atoms with Crippen LogP contribution in [0.5, 0.6) is 0 Å². The summed E-state index contributed by atoms with van der Waals surface area (Å²) in [6, 6.07) is 6.31. The lowest BCUT2D eigenvalue weighted by Gasteiger charge is -2.44. The van der Waals surface area contributed by atoms with Crippen LogP contribution in [0.1, 0.15) is 35.8 Å². The SMILES string of the molecule is CCc1cccc2c(C(=O)NC3CN4CCC3CC4)cnn12. The molecule has 5 nitrogen and oxygen atoms in total. The highest BCUT2D eigenvalue weighted by atomic mass is 16.1. The summed E-state index contributed by atoms with van der Waals surface area (Å²) in [5.74, 6) is 0.656. The molecule has 3 aliphatic heterocycles. The third kappa shape index (κ3) is 2.20. The van der Waals surface area contributed by atoms with Crippen LogP contribution in [0.2, 0.25) is 0 Å². The average Bonchev–Trinajstić information content (AvgIpc) is 3.00. The third-order valence-electron chi connectivity index (χ3n) is 5.20. The van der Waals surface area contributed by atoms with E-state index in [1.165, 1.54) is 25.9 Å². The lowest BCUT2D eigenvalue weighted by molar-refractivity contribution is 0.0621. The van der Waals surface area contributed by atoms with Gasteiger partial charge in [0, 0.05) is 18.3 Å². The Labute approximate surface area is 130 Å². The lowest BCUT2D eigenvalue weighted by Crippen LogP contribution is -2.57. The highest BCUT2D eigenvalue weighted by Gasteiger charge is 2.35. The first-order chi connectivity index (χ1) is 10.8. The van der Waals surface area contributed by atoms with E-state index in [0.29, 0.717) is 17.5 Å². The molecule has 2 aromatic heterocycles. The Morgan fingerprint density at radius 1 is 1.36 bits per heavy atom. The number of aryl methyl sites for hydroxylation is 1. The second-order valence-corrected chi connectivity index (χ2v) is 6.44. The zero-order valence-electron chi connectivity index (χ0n) is 13.0. The van der Waals surface area contributed by atoms with Gasteiger partial charge in [0.05, 0.1) is 17.3 Å². The number of carbonyl (C=O) groups excluding carboxylic acids is 1. The summed E-state index contributed by atoms with van der Waals surface area (Å²) in [4.78, 5) is 15.1. The van der Waals surface area contributed by atoms with E-state index in [-0.39, 0.29) is 5.91 Å². The minimum Gasteiger partial charge on any atom is -0.348 e. The van der Waals surface area contributed by atoms with Crippen molar-refractivity contribution in [2.24, 2.45) is 5.92 Å². The van der Waals surface area contributed by atoms with Gasteiger partial charge in [-0.3, -0.25) is 4.79 Å². The number of pyridine rings is 1. The van der Waals surface area contributed by atoms with Gasteiger partial charge in [0.15, 0.2) is 0 Å². The smallest absolute Gasteiger partial charge is 0.255 e. The molecule has 3 saturated heterocycles. The van der Waals surface area contributed by atoms with Crippen LogP contribution in [0.25, 0.3) is 5.52 Å². The standard InChI is InChI=1S/C17H22N4O/c1-2-13-4-3-5-16-14(10-18-21(13)16)17(22)19-15-11-20-8-6-12(15)7-9-20/h3-5,10,12,15H,2,6-9,11H2,1H3,(H,19,22). The first-order valence-electron chi connectivity index (χ1n) is 8.25. The number of carbonyl (C=O) groups is 1. The molecule has 0 spiro atoms. The van der Waals surface area contributed by atoms with E-state index in [9.17, 15) is 4.79 Å². The van der Waals surface area contributed by atoms with Crippen molar-refractivity contribution in [1.29, 1.82) is 0 Å². The number of amides is 1. The molecule has 0 saturated carbocycles. The molecule has 1 unspecified atom stereocenters. The van der Waals surface area contributed by atoms with Gasteiger partial charge in [0.2, 0.25) is 0 Å². The summed E-state index contributed by atoms with van der Waals surface area (Å²) in [7, 11) is 0. The van der Waals surface area contributed by atoms with Crippen LogP contribution in [0.3, 0.4) is 0 Å². The molecule has 22 heavy (non-hydrogen) atoms. The van der Waals surface area contributed by atoms with Crippen molar-refractivity contribution in [2.45, 2.75) is 32.2 Å². The Bertz CT molecular complexity index is 700. The van der Waals surface area contributed by atoms with E-state index >= 15 is 0 Å². The van der Waals surface area contributed by atoms with Crippen molar-refractivity contribution >= 4 is 11.4 Å². The van der Waals surface area contributed by atoms with Crippen molar-refractivity contribution in [3.05, 3.63) is 35.7 Å². The molecule has 3 aliphatic rings. The average molecular weight is 298 g/mol. The van der Waals surface area contributed by atoms with Gasteiger partial charge in [-0.1, -0.05) is 13.0 Å². The summed E-state index contributed by atoms with van der Waals surface area (Å²) >= 11 is 0. The van der Waals surface area contributed by atoms with Gasteiger partial charge in [0.1, 0.15) is 0 Å². The number of rotatable bonds is 3. The number of hydrogen-bond acceptors (Lipinski definition) is 3. The predicted molar refractivity (Wildman–Crippen MR) is 85.0 cm³/mol. The van der Waals surface area contributed by atoms with E-state index in [1.54, 1.807) is 6.20 Å². The summed E-state index contributed by atoms with van der Waals surface area (Å²) in [6.07, 6.45) is 5.02. The maximum absolute atomic E-state index is 12.7. The number of nitrogens with one attached hydrogen (secondary N) is 1. The molecule has 2 aromatic rings. The normalized spacial score (nSPS) is 27.2. The highest BCUT2D eigenvalue weighted by molar-refractivity contribution is 6.00. The molecule has 0 aromatic carbocycles. The van der Waals surface area contributed by atoms with Gasteiger partial charge in [0.25, 0.3) is 5.91 Å². The Morgan fingerprint density at radius 2 is 2.18 bits per heavy atom. The molecule has 116 valence electrons. The fourth-order valence-corrected chi connectivity index (χ4v) is 3.89. The zero-order valence-corrected chi connectivity index (χ0v) is 13.0. The summed E-state index contributed by atoms with van der Waals surface area (Å²) in [6.45, 7) is 5.47. The van der Waals surface area contributed by atoms with Gasteiger partial charge in [-0.25, -0.2) is 4.52 Å². The van der Waals surface area contributed by atoms with Crippen molar-refractivity contribution in [1.82, 2.24) is 19.8 Å². The predicted octanol–water partition coefficient (Wildman–Crippen LogP) is 1.72. The second kappa shape index (κ2) is 5.39. The number of nitrogens with zero attached hydrogens (tertiary/aromatic N) is 3. The molecule has 1 amide bonds. The van der Waals surface area contributed by atoms with Crippen molar-refractivity contribution in [3.8, 4) is 0 Å².